The highest BCUT2D eigenvalue weighted by molar-refractivity contribution is 9.10. The van der Waals surface area contributed by atoms with Gasteiger partial charge in [0.05, 0.1) is 19.2 Å². The van der Waals surface area contributed by atoms with Crippen molar-refractivity contribution in [3.8, 4) is 0 Å². The summed E-state index contributed by atoms with van der Waals surface area (Å²) in [5.41, 5.74) is 1.16. The van der Waals surface area contributed by atoms with Gasteiger partial charge in [0.25, 0.3) is 0 Å². The first kappa shape index (κ1) is 13.9. The molecular weight excluding hydrogens is 310 g/mol. The number of likely N-dealkylation sites (N-methyl/N-ethyl adjacent to an activating group) is 1. The van der Waals surface area contributed by atoms with Crippen molar-refractivity contribution in [2.24, 2.45) is 4.99 Å². The van der Waals surface area contributed by atoms with Crippen LogP contribution in [-0.4, -0.2) is 37.2 Å². The molecule has 1 amide bonds. The van der Waals surface area contributed by atoms with Crippen molar-refractivity contribution in [3.63, 3.8) is 0 Å². The molecule has 1 heterocycles. The molecule has 1 aliphatic rings. The van der Waals surface area contributed by atoms with Crippen LogP contribution in [0.1, 0.15) is 18.5 Å². The van der Waals surface area contributed by atoms with Crippen molar-refractivity contribution < 1.29 is 9.53 Å². The third-order valence-electron chi connectivity index (χ3n) is 2.96. The average molecular weight is 326 g/mol. The fourth-order valence-corrected chi connectivity index (χ4v) is 2.22. The fourth-order valence-electron chi connectivity index (χ4n) is 1.95. The van der Waals surface area contributed by atoms with E-state index in [1.54, 1.807) is 6.92 Å². The Morgan fingerprint density at radius 3 is 2.84 bits per heavy atom. The van der Waals surface area contributed by atoms with Gasteiger partial charge in [0.1, 0.15) is 0 Å². The van der Waals surface area contributed by atoms with E-state index in [4.69, 9.17) is 4.74 Å². The van der Waals surface area contributed by atoms with Crippen molar-refractivity contribution in [3.05, 3.63) is 34.3 Å². The largest absolute Gasteiger partial charge is 0.450 e. The van der Waals surface area contributed by atoms with Gasteiger partial charge in [0, 0.05) is 11.5 Å². The van der Waals surface area contributed by atoms with Crippen LogP contribution in [0.4, 0.5) is 4.79 Å². The minimum atomic E-state index is -0.468. The number of hydrogen-bond donors (Lipinski definition) is 1. The number of ether oxygens (including phenoxy) is 1. The number of rotatable bonds is 2. The van der Waals surface area contributed by atoms with E-state index in [1.165, 1.54) is 0 Å². The topological polar surface area (TPSA) is 53.9 Å². The smallest absolute Gasteiger partial charge is 0.413 e. The highest BCUT2D eigenvalue weighted by Crippen LogP contribution is 2.25. The van der Waals surface area contributed by atoms with Crippen molar-refractivity contribution in [2.45, 2.75) is 13.0 Å². The number of alkyl carbamates (subject to hydrolysis) is 1. The lowest BCUT2D eigenvalue weighted by atomic mass is 10.1. The molecule has 1 aliphatic heterocycles. The number of nitrogens with zero attached hydrogens (tertiary/aromatic N) is 2. The average Bonchev–Trinajstić information content (AvgIpc) is 2.73. The number of halogens is 1. The van der Waals surface area contributed by atoms with Crippen LogP contribution in [0.25, 0.3) is 0 Å². The third kappa shape index (κ3) is 3.26. The standard InChI is InChI=1S/C13H16BrN3O2/c1-3-19-13(18)16-12-15-8-11(17(12)2)9-4-6-10(14)7-5-9/h4-7,11H,3,8H2,1-2H3,(H,15,16,18). The lowest BCUT2D eigenvalue weighted by Crippen LogP contribution is -2.40. The second kappa shape index (κ2) is 6.06. The van der Waals surface area contributed by atoms with Gasteiger partial charge in [-0.15, -0.1) is 0 Å². The van der Waals surface area contributed by atoms with Crippen LogP contribution < -0.4 is 5.32 Å². The first-order chi connectivity index (χ1) is 9.11. The zero-order valence-electron chi connectivity index (χ0n) is 10.9. The van der Waals surface area contributed by atoms with Crippen molar-refractivity contribution in [1.82, 2.24) is 10.2 Å². The van der Waals surface area contributed by atoms with Crippen molar-refractivity contribution in [1.29, 1.82) is 0 Å². The summed E-state index contributed by atoms with van der Waals surface area (Å²) in [6.45, 7) is 2.74. The fraction of sp³-hybridized carbons (Fsp3) is 0.385. The van der Waals surface area contributed by atoms with Gasteiger partial charge < -0.3 is 9.64 Å². The van der Waals surface area contributed by atoms with E-state index in [1.807, 2.05) is 36.2 Å². The first-order valence-electron chi connectivity index (χ1n) is 6.08. The Hall–Kier alpha value is -1.56. The number of carbonyl (C=O) groups is 1. The Kier molecular flexibility index (Phi) is 4.42. The highest BCUT2D eigenvalue weighted by atomic mass is 79.9. The number of aliphatic imine (C=N–C) groups is 1. The predicted octanol–water partition coefficient (Wildman–Crippen LogP) is 2.54. The molecule has 6 heteroatoms. The molecule has 1 atom stereocenters. The SMILES string of the molecule is CCOC(=O)NC1=NCC(c2ccc(Br)cc2)N1C. The van der Waals surface area contributed by atoms with Gasteiger partial charge in [0.15, 0.2) is 0 Å². The molecule has 0 radical (unpaired) electrons. The van der Waals surface area contributed by atoms with Gasteiger partial charge in [-0.3, -0.25) is 10.3 Å². The maximum Gasteiger partial charge on any atom is 0.413 e. The van der Waals surface area contributed by atoms with Gasteiger partial charge in [-0.2, -0.15) is 0 Å². The molecule has 102 valence electrons. The predicted molar refractivity (Wildman–Crippen MR) is 77.1 cm³/mol. The van der Waals surface area contributed by atoms with Crippen molar-refractivity contribution >= 4 is 28.0 Å². The molecule has 0 saturated carbocycles. The number of benzene rings is 1. The molecule has 0 spiro atoms. The number of hydrogen-bond acceptors (Lipinski definition) is 4. The molecule has 0 saturated heterocycles. The number of guanidine groups is 1. The summed E-state index contributed by atoms with van der Waals surface area (Å²) in [6, 6.07) is 8.24. The molecule has 2 rings (SSSR count). The molecule has 0 fully saturated rings. The Bertz CT molecular complexity index is 487. The molecule has 0 aromatic heterocycles. The third-order valence-corrected chi connectivity index (χ3v) is 3.49. The second-order valence-corrected chi connectivity index (χ2v) is 5.10. The molecule has 0 bridgehead atoms. The summed E-state index contributed by atoms with van der Waals surface area (Å²) >= 11 is 3.42. The molecule has 0 aliphatic carbocycles. The van der Waals surface area contributed by atoms with Crippen LogP contribution in [0, 0.1) is 0 Å². The first-order valence-corrected chi connectivity index (χ1v) is 6.87. The van der Waals surface area contributed by atoms with Gasteiger partial charge in [-0.25, -0.2) is 4.79 Å². The molecule has 1 aromatic rings. The maximum absolute atomic E-state index is 11.4. The molecule has 19 heavy (non-hydrogen) atoms. The summed E-state index contributed by atoms with van der Waals surface area (Å²) in [6.07, 6.45) is -0.468. The van der Waals surface area contributed by atoms with E-state index in [0.717, 1.165) is 10.0 Å². The van der Waals surface area contributed by atoms with Gasteiger partial charge in [0.2, 0.25) is 5.96 Å². The Balaban J connectivity index is 2.02. The lowest BCUT2D eigenvalue weighted by Gasteiger charge is -2.23. The summed E-state index contributed by atoms with van der Waals surface area (Å²) in [7, 11) is 1.91. The quantitative estimate of drug-likeness (QED) is 0.909. The van der Waals surface area contributed by atoms with Gasteiger partial charge in [-0.1, -0.05) is 28.1 Å². The Labute approximate surface area is 120 Å². The lowest BCUT2D eigenvalue weighted by molar-refractivity contribution is 0.156. The minimum absolute atomic E-state index is 0.144. The molecular formula is C13H16BrN3O2. The molecule has 1 unspecified atom stereocenters. The van der Waals surface area contributed by atoms with E-state index < -0.39 is 6.09 Å². The van der Waals surface area contributed by atoms with Crippen LogP contribution in [0.15, 0.2) is 33.7 Å². The van der Waals surface area contributed by atoms with Crippen LogP contribution in [0.5, 0.6) is 0 Å². The number of nitrogens with one attached hydrogen (secondary N) is 1. The molecule has 1 aromatic carbocycles. The zero-order chi connectivity index (χ0) is 13.8. The Morgan fingerprint density at radius 1 is 1.53 bits per heavy atom. The minimum Gasteiger partial charge on any atom is -0.450 e. The summed E-state index contributed by atoms with van der Waals surface area (Å²) in [4.78, 5) is 17.7. The molecule has 1 N–H and O–H groups in total. The van der Waals surface area contributed by atoms with E-state index in [9.17, 15) is 4.79 Å². The van der Waals surface area contributed by atoms with Crippen LogP contribution in [0.2, 0.25) is 0 Å². The summed E-state index contributed by atoms with van der Waals surface area (Å²) in [5, 5.41) is 2.65. The number of amides is 1. The summed E-state index contributed by atoms with van der Waals surface area (Å²) in [5.74, 6) is 0.548. The van der Waals surface area contributed by atoms with Crippen LogP contribution >= 0.6 is 15.9 Å². The van der Waals surface area contributed by atoms with E-state index in [-0.39, 0.29) is 6.04 Å². The summed E-state index contributed by atoms with van der Waals surface area (Å²) < 4.78 is 5.89. The normalized spacial score (nSPS) is 18.2. The van der Waals surface area contributed by atoms with Gasteiger partial charge >= 0.3 is 6.09 Å². The highest BCUT2D eigenvalue weighted by Gasteiger charge is 2.27. The van der Waals surface area contributed by atoms with Crippen LogP contribution in [-0.2, 0) is 4.74 Å². The molecule has 5 nitrogen and oxygen atoms in total. The monoisotopic (exact) mass is 325 g/mol. The maximum atomic E-state index is 11.4. The van der Waals surface area contributed by atoms with Gasteiger partial charge in [-0.05, 0) is 24.6 Å². The second-order valence-electron chi connectivity index (χ2n) is 4.19. The Morgan fingerprint density at radius 2 is 2.21 bits per heavy atom. The van der Waals surface area contributed by atoms with E-state index in [0.29, 0.717) is 19.1 Å². The number of carbonyl (C=O) groups excluding carboxylic acids is 1. The van der Waals surface area contributed by atoms with E-state index >= 15 is 0 Å². The van der Waals surface area contributed by atoms with E-state index in [2.05, 4.69) is 26.2 Å². The van der Waals surface area contributed by atoms with Crippen molar-refractivity contribution in [2.75, 3.05) is 20.2 Å². The zero-order valence-corrected chi connectivity index (χ0v) is 12.5. The van der Waals surface area contributed by atoms with Crippen LogP contribution in [0.3, 0.4) is 0 Å².